The summed E-state index contributed by atoms with van der Waals surface area (Å²) >= 11 is 0. The summed E-state index contributed by atoms with van der Waals surface area (Å²) in [4.78, 5) is 1.31. The van der Waals surface area contributed by atoms with Gasteiger partial charge in [-0.25, -0.2) is 0 Å². The summed E-state index contributed by atoms with van der Waals surface area (Å²) in [6.07, 6.45) is 0. The Hall–Kier alpha value is 0.554. The van der Waals surface area contributed by atoms with Crippen LogP contribution in [-0.4, -0.2) is 0 Å². The van der Waals surface area contributed by atoms with Gasteiger partial charge in [-0.2, -0.15) is 0 Å². The minimum Gasteiger partial charge on any atom is -0.554 e. The van der Waals surface area contributed by atoms with Crippen molar-refractivity contribution in [3.05, 3.63) is 5.21 Å². The Labute approximate surface area is 36.4 Å². The average molecular weight is 122 g/mol. The molecule has 0 radical (unpaired) electrons. The number of nitrogens with one attached hydrogen (secondary N) is 1. The minimum absolute atomic E-state index is 0. The second-order valence-corrected chi connectivity index (χ2v) is 0.306. The summed E-state index contributed by atoms with van der Waals surface area (Å²) in [5.41, 5.74) is 0. The molecule has 0 spiro atoms. The second-order valence-electron chi connectivity index (χ2n) is 0.102. The fourth-order valence-electron chi connectivity index (χ4n) is 0. The van der Waals surface area contributed by atoms with Gasteiger partial charge in [0, 0.05) is 16.5 Å². The molecule has 0 amide bonds. The monoisotopic (exact) mass is 121 g/mol. The Kier molecular flexibility index (Phi) is 21.2. The van der Waals surface area contributed by atoms with Crippen LogP contribution in [0.3, 0.4) is 0 Å². The van der Waals surface area contributed by atoms with Crippen LogP contribution in [0.2, 0.25) is 0 Å². The van der Waals surface area contributed by atoms with Crippen LogP contribution in [0.4, 0.5) is 0 Å². The van der Waals surface area contributed by atoms with E-state index in [-0.39, 0.29) is 16.5 Å². The molecule has 1 N–H and O–H groups in total. The van der Waals surface area contributed by atoms with Crippen LogP contribution in [-0.2, 0) is 16.5 Å². The van der Waals surface area contributed by atoms with Crippen LogP contribution >= 0.6 is 9.03 Å². The van der Waals surface area contributed by atoms with Crippen molar-refractivity contribution >= 4 is 9.03 Å². The molecule has 0 saturated carbocycles. The molecule has 4 heavy (non-hydrogen) atoms. The molecule has 0 saturated heterocycles. The zero-order chi connectivity index (χ0) is 2.71. The first kappa shape index (κ1) is 8.82. The summed E-state index contributed by atoms with van der Waals surface area (Å²) in [6.45, 7) is 0. The standard InChI is InChI=1S/H2NOP.Ni/c2-1-3;/h1,3H;. The molecule has 0 bridgehead atoms. The maximum absolute atomic E-state index is 8.59. The van der Waals surface area contributed by atoms with Gasteiger partial charge in [-0.15, -0.1) is 0 Å². The summed E-state index contributed by atoms with van der Waals surface area (Å²) < 4.78 is 0. The van der Waals surface area contributed by atoms with Gasteiger partial charge >= 0.3 is 0 Å². The van der Waals surface area contributed by atoms with E-state index in [0.29, 0.717) is 0 Å². The molecule has 0 heterocycles. The molecular weight excluding hydrogens is 120 g/mol. The number of rotatable bonds is 0. The third-order valence-corrected chi connectivity index (χ3v) is 0. The topological polar surface area (TPSA) is 37.0 Å². The van der Waals surface area contributed by atoms with Crippen LogP contribution in [0.5, 0.6) is 0 Å². The Balaban J connectivity index is 0. The van der Waals surface area contributed by atoms with Gasteiger partial charge < -0.3 is 5.21 Å². The van der Waals surface area contributed by atoms with Gasteiger partial charge in [-0.05, 0) is 0 Å². The van der Waals surface area contributed by atoms with E-state index < -0.39 is 0 Å². The van der Waals surface area contributed by atoms with Crippen molar-refractivity contribution in [2.45, 2.75) is 0 Å². The van der Waals surface area contributed by atoms with Gasteiger partial charge in [-0.1, -0.05) is 0 Å². The van der Waals surface area contributed by atoms with Crippen LogP contribution < -0.4 is 4.91 Å². The predicted molar refractivity (Wildman–Crippen MR) is 12.6 cm³/mol. The molecule has 0 aromatic heterocycles. The fourth-order valence-corrected chi connectivity index (χ4v) is 0. The van der Waals surface area contributed by atoms with Gasteiger partial charge in [-0.3, -0.25) is 4.91 Å². The largest absolute Gasteiger partial charge is 0.554 e. The molecule has 0 unspecified atom stereocenters. The molecule has 0 aliphatic rings. The molecule has 0 aliphatic heterocycles. The maximum Gasteiger partial charge on any atom is 0.191 e. The molecule has 0 fully saturated rings. The van der Waals surface area contributed by atoms with E-state index >= 15 is 0 Å². The first-order valence-electron chi connectivity index (χ1n) is 0.454. The Morgan fingerprint density at radius 2 is 1.75 bits per heavy atom. The van der Waals surface area contributed by atoms with Crippen LogP contribution in [0, 0.1) is 5.21 Å². The summed E-state index contributed by atoms with van der Waals surface area (Å²) in [5.74, 6) is 0. The normalized spacial score (nSPS) is 3.25. The summed E-state index contributed by atoms with van der Waals surface area (Å²) in [6, 6.07) is 0. The van der Waals surface area contributed by atoms with Gasteiger partial charge in [0.1, 0.15) is 0 Å². The Morgan fingerprint density at radius 3 is 1.75 bits per heavy atom. The quantitative estimate of drug-likeness (QED) is 0.246. The molecule has 28 valence electrons. The fraction of sp³-hybridized carbons (Fsp3) is 0. The molecule has 0 rings (SSSR count). The predicted octanol–water partition coefficient (Wildman–Crippen LogP) is -1.11. The molecule has 4 heteroatoms. The van der Waals surface area contributed by atoms with Gasteiger partial charge in [0.15, 0.2) is 9.03 Å². The van der Waals surface area contributed by atoms with E-state index in [0.717, 1.165) is 0 Å². The SMILES string of the molecule is [Ni].[O-][NH+]=P. The van der Waals surface area contributed by atoms with E-state index in [2.05, 4.69) is 9.03 Å². The zero-order valence-corrected chi connectivity index (χ0v) is 3.71. The van der Waals surface area contributed by atoms with Crippen molar-refractivity contribution in [2.24, 2.45) is 0 Å². The minimum atomic E-state index is 0. The van der Waals surface area contributed by atoms with E-state index in [1.165, 1.54) is 4.91 Å². The van der Waals surface area contributed by atoms with Crippen molar-refractivity contribution in [1.29, 1.82) is 0 Å². The van der Waals surface area contributed by atoms with Crippen molar-refractivity contribution < 1.29 is 21.4 Å². The zero-order valence-electron chi connectivity index (χ0n) is 1.72. The van der Waals surface area contributed by atoms with Gasteiger partial charge in [0.25, 0.3) is 0 Å². The average Bonchev–Trinajstić information content (AvgIpc) is 0.918. The molecular formula is H2NNiOP. The number of hydrogen-bond acceptors (Lipinski definition) is 1. The Bertz CT molecular complexity index is 15.5. The van der Waals surface area contributed by atoms with Crippen molar-refractivity contribution in [3.8, 4) is 0 Å². The van der Waals surface area contributed by atoms with Crippen LogP contribution in [0.25, 0.3) is 0 Å². The summed E-state index contributed by atoms with van der Waals surface area (Å²) in [5, 5.41) is 8.59. The van der Waals surface area contributed by atoms with Crippen LogP contribution in [0.15, 0.2) is 0 Å². The van der Waals surface area contributed by atoms with Crippen molar-refractivity contribution in [1.82, 2.24) is 0 Å². The smallest absolute Gasteiger partial charge is 0.191 e. The molecule has 0 atom stereocenters. The molecule has 2 nitrogen and oxygen atoms in total. The van der Waals surface area contributed by atoms with E-state index in [4.69, 9.17) is 5.21 Å². The van der Waals surface area contributed by atoms with E-state index in [1.54, 1.807) is 0 Å². The van der Waals surface area contributed by atoms with E-state index in [1.807, 2.05) is 0 Å². The Morgan fingerprint density at radius 1 is 1.75 bits per heavy atom. The molecule has 0 aromatic rings. The van der Waals surface area contributed by atoms with Crippen LogP contribution in [0.1, 0.15) is 0 Å². The third-order valence-electron chi connectivity index (χ3n) is 0. The first-order chi connectivity index (χ1) is 1.41. The first-order valence-corrected chi connectivity index (χ1v) is 0.954. The number of hydrogen-bond donors (Lipinski definition) is 1. The maximum atomic E-state index is 8.59. The third kappa shape index (κ3) is 20.1. The van der Waals surface area contributed by atoms with E-state index in [9.17, 15) is 0 Å². The second kappa shape index (κ2) is 9.60. The van der Waals surface area contributed by atoms with Crippen molar-refractivity contribution in [2.75, 3.05) is 0 Å². The summed E-state index contributed by atoms with van der Waals surface area (Å²) in [7, 11) is 2.38. The van der Waals surface area contributed by atoms with Gasteiger partial charge in [0.2, 0.25) is 0 Å². The molecule has 0 aromatic carbocycles. The van der Waals surface area contributed by atoms with Crippen molar-refractivity contribution in [3.63, 3.8) is 0 Å². The molecule has 0 aliphatic carbocycles. The van der Waals surface area contributed by atoms with Gasteiger partial charge in [0.05, 0.1) is 0 Å².